The maximum Gasteiger partial charge on any atom is 0.306 e. The first-order valence-electron chi connectivity index (χ1n) is 8.24. The third kappa shape index (κ3) is 4.69. The SMILES string of the molecule is COc1cccc(C(C)(CC(=O)O)NC(=O)c2cc(OC)ccc2OC)c1. The lowest BCUT2D eigenvalue weighted by Gasteiger charge is -2.30. The van der Waals surface area contributed by atoms with Crippen molar-refractivity contribution in [2.45, 2.75) is 18.9 Å². The largest absolute Gasteiger partial charge is 0.497 e. The zero-order chi connectivity index (χ0) is 20.0. The molecular weight excluding hydrogens is 350 g/mol. The van der Waals surface area contributed by atoms with Gasteiger partial charge >= 0.3 is 5.97 Å². The minimum Gasteiger partial charge on any atom is -0.497 e. The Labute approximate surface area is 157 Å². The molecule has 0 heterocycles. The van der Waals surface area contributed by atoms with Crippen molar-refractivity contribution in [3.63, 3.8) is 0 Å². The highest BCUT2D eigenvalue weighted by atomic mass is 16.5. The average molecular weight is 373 g/mol. The van der Waals surface area contributed by atoms with Crippen LogP contribution in [0.4, 0.5) is 0 Å². The molecule has 2 rings (SSSR count). The molecular formula is C20H23NO6. The summed E-state index contributed by atoms with van der Waals surface area (Å²) in [5.41, 5.74) is -0.304. The van der Waals surface area contributed by atoms with Crippen LogP contribution in [-0.4, -0.2) is 38.3 Å². The second-order valence-electron chi connectivity index (χ2n) is 6.15. The van der Waals surface area contributed by atoms with Crippen LogP contribution in [0, 0.1) is 0 Å². The van der Waals surface area contributed by atoms with Crippen molar-refractivity contribution in [2.75, 3.05) is 21.3 Å². The van der Waals surface area contributed by atoms with Gasteiger partial charge in [0.05, 0.1) is 38.9 Å². The monoisotopic (exact) mass is 373 g/mol. The van der Waals surface area contributed by atoms with Crippen molar-refractivity contribution in [2.24, 2.45) is 0 Å². The van der Waals surface area contributed by atoms with E-state index in [1.165, 1.54) is 21.3 Å². The first-order chi connectivity index (χ1) is 12.8. The predicted octanol–water partition coefficient (Wildman–Crippen LogP) is 2.83. The molecule has 0 radical (unpaired) electrons. The van der Waals surface area contributed by atoms with Crippen molar-refractivity contribution in [3.05, 3.63) is 53.6 Å². The van der Waals surface area contributed by atoms with Gasteiger partial charge < -0.3 is 24.6 Å². The van der Waals surface area contributed by atoms with E-state index in [0.29, 0.717) is 22.8 Å². The highest BCUT2D eigenvalue weighted by molar-refractivity contribution is 5.98. The summed E-state index contributed by atoms with van der Waals surface area (Å²) in [7, 11) is 4.47. The first-order valence-corrected chi connectivity index (χ1v) is 8.24. The van der Waals surface area contributed by atoms with Crippen LogP contribution in [0.15, 0.2) is 42.5 Å². The molecule has 7 nitrogen and oxygen atoms in total. The van der Waals surface area contributed by atoms with Crippen molar-refractivity contribution >= 4 is 11.9 Å². The van der Waals surface area contributed by atoms with Crippen molar-refractivity contribution in [1.82, 2.24) is 5.32 Å². The summed E-state index contributed by atoms with van der Waals surface area (Å²) in [5.74, 6) is -0.105. The van der Waals surface area contributed by atoms with Gasteiger partial charge in [0.1, 0.15) is 17.2 Å². The molecule has 2 aromatic rings. The van der Waals surface area contributed by atoms with Crippen LogP contribution in [0.3, 0.4) is 0 Å². The third-order valence-corrected chi connectivity index (χ3v) is 4.25. The number of aliphatic carboxylic acids is 1. The smallest absolute Gasteiger partial charge is 0.306 e. The minimum atomic E-state index is -1.16. The highest BCUT2D eigenvalue weighted by Crippen LogP contribution is 2.30. The molecule has 0 saturated heterocycles. The minimum absolute atomic E-state index is 0.247. The van der Waals surface area contributed by atoms with E-state index in [1.54, 1.807) is 49.4 Å². The number of rotatable bonds is 8. The summed E-state index contributed by atoms with van der Waals surface area (Å²) >= 11 is 0. The normalized spacial score (nSPS) is 12.6. The lowest BCUT2D eigenvalue weighted by atomic mass is 9.88. The van der Waals surface area contributed by atoms with E-state index < -0.39 is 17.4 Å². The fourth-order valence-electron chi connectivity index (χ4n) is 2.80. The van der Waals surface area contributed by atoms with E-state index in [9.17, 15) is 14.7 Å². The van der Waals surface area contributed by atoms with Crippen LogP contribution >= 0.6 is 0 Å². The van der Waals surface area contributed by atoms with Crippen LogP contribution in [0.2, 0.25) is 0 Å². The second kappa shape index (κ2) is 8.44. The number of hydrogen-bond donors (Lipinski definition) is 2. The summed E-state index contributed by atoms with van der Waals surface area (Å²) < 4.78 is 15.6. The lowest BCUT2D eigenvalue weighted by Crippen LogP contribution is -2.45. The molecule has 0 saturated carbocycles. The average Bonchev–Trinajstić information content (AvgIpc) is 2.66. The molecule has 144 valence electrons. The number of amides is 1. The number of carbonyl (C=O) groups excluding carboxylic acids is 1. The van der Waals surface area contributed by atoms with E-state index >= 15 is 0 Å². The quantitative estimate of drug-likeness (QED) is 0.739. The Balaban J connectivity index is 2.44. The van der Waals surface area contributed by atoms with E-state index in [0.717, 1.165) is 0 Å². The van der Waals surface area contributed by atoms with Crippen LogP contribution in [-0.2, 0) is 10.3 Å². The number of hydrogen-bond acceptors (Lipinski definition) is 5. The van der Waals surface area contributed by atoms with Gasteiger partial charge in [-0.15, -0.1) is 0 Å². The Morgan fingerprint density at radius 3 is 2.26 bits per heavy atom. The Morgan fingerprint density at radius 2 is 1.67 bits per heavy atom. The van der Waals surface area contributed by atoms with Gasteiger partial charge in [-0.25, -0.2) is 0 Å². The van der Waals surface area contributed by atoms with Gasteiger partial charge in [-0.3, -0.25) is 9.59 Å². The molecule has 0 aromatic heterocycles. The number of nitrogens with one attached hydrogen (secondary N) is 1. The molecule has 2 N–H and O–H groups in total. The maximum atomic E-state index is 12.9. The number of methoxy groups -OCH3 is 3. The molecule has 0 bridgehead atoms. The molecule has 0 aliphatic rings. The third-order valence-electron chi connectivity index (χ3n) is 4.25. The van der Waals surface area contributed by atoms with Gasteiger partial charge in [0, 0.05) is 0 Å². The Kier molecular flexibility index (Phi) is 6.28. The van der Waals surface area contributed by atoms with E-state index in [-0.39, 0.29) is 12.0 Å². The van der Waals surface area contributed by atoms with Gasteiger partial charge in [0.2, 0.25) is 0 Å². The molecule has 2 aromatic carbocycles. The Bertz CT molecular complexity index is 835. The number of carboxylic acid groups (broad SMARTS) is 1. The number of ether oxygens (including phenoxy) is 3. The molecule has 1 unspecified atom stereocenters. The van der Waals surface area contributed by atoms with E-state index in [1.807, 2.05) is 0 Å². The van der Waals surface area contributed by atoms with Gasteiger partial charge in [-0.2, -0.15) is 0 Å². The van der Waals surface area contributed by atoms with Crippen molar-refractivity contribution < 1.29 is 28.9 Å². The molecule has 1 atom stereocenters. The maximum absolute atomic E-state index is 12.9. The molecule has 1 amide bonds. The summed E-state index contributed by atoms with van der Waals surface area (Å²) in [6.07, 6.45) is -0.307. The zero-order valence-corrected chi connectivity index (χ0v) is 15.7. The summed E-state index contributed by atoms with van der Waals surface area (Å²) in [6, 6.07) is 11.8. The molecule has 27 heavy (non-hydrogen) atoms. The summed E-state index contributed by atoms with van der Waals surface area (Å²) in [4.78, 5) is 24.4. The standard InChI is InChI=1S/C20H23NO6/c1-20(12-18(22)23,13-6-5-7-14(10-13)25-2)21-19(24)16-11-15(26-3)8-9-17(16)27-4/h5-11H,12H2,1-4H3,(H,21,24)(H,22,23). The summed E-state index contributed by atoms with van der Waals surface area (Å²) in [5, 5.41) is 12.2. The first kappa shape index (κ1) is 20.1. The van der Waals surface area contributed by atoms with E-state index in [4.69, 9.17) is 14.2 Å². The lowest BCUT2D eigenvalue weighted by molar-refractivity contribution is -0.138. The Hall–Kier alpha value is -3.22. The number of benzene rings is 2. The van der Waals surface area contributed by atoms with Crippen LogP contribution in [0.1, 0.15) is 29.3 Å². The van der Waals surface area contributed by atoms with Gasteiger partial charge in [-0.05, 0) is 42.8 Å². The van der Waals surface area contributed by atoms with Crippen molar-refractivity contribution in [3.8, 4) is 17.2 Å². The fourth-order valence-corrected chi connectivity index (χ4v) is 2.80. The second-order valence-corrected chi connectivity index (χ2v) is 6.15. The highest BCUT2D eigenvalue weighted by Gasteiger charge is 2.33. The van der Waals surface area contributed by atoms with E-state index in [2.05, 4.69) is 5.32 Å². The zero-order valence-electron chi connectivity index (χ0n) is 15.7. The summed E-state index contributed by atoms with van der Waals surface area (Å²) in [6.45, 7) is 1.65. The molecule has 0 aliphatic carbocycles. The van der Waals surface area contributed by atoms with Crippen LogP contribution in [0.5, 0.6) is 17.2 Å². The van der Waals surface area contributed by atoms with Gasteiger partial charge in [-0.1, -0.05) is 12.1 Å². The molecule has 7 heteroatoms. The Morgan fingerprint density at radius 1 is 1.00 bits per heavy atom. The fraction of sp³-hybridized carbons (Fsp3) is 0.300. The van der Waals surface area contributed by atoms with Crippen molar-refractivity contribution in [1.29, 1.82) is 0 Å². The number of carboxylic acids is 1. The molecule has 0 fully saturated rings. The molecule has 0 aliphatic heterocycles. The van der Waals surface area contributed by atoms with Gasteiger partial charge in [0.25, 0.3) is 5.91 Å². The van der Waals surface area contributed by atoms with Gasteiger partial charge in [0.15, 0.2) is 0 Å². The number of carbonyl (C=O) groups is 2. The van der Waals surface area contributed by atoms with Crippen LogP contribution < -0.4 is 19.5 Å². The molecule has 0 spiro atoms. The topological polar surface area (TPSA) is 94.1 Å². The van der Waals surface area contributed by atoms with Crippen LogP contribution in [0.25, 0.3) is 0 Å². The predicted molar refractivity (Wildman–Crippen MR) is 99.6 cm³/mol.